The fraction of sp³-hybridized carbons (Fsp3) is 0.460. The fourth-order valence-electron chi connectivity index (χ4n) is 10.3. The smallest absolute Gasteiger partial charge is 0.407 e. The summed E-state index contributed by atoms with van der Waals surface area (Å²) in [5.74, 6) is -0.244. The van der Waals surface area contributed by atoms with Gasteiger partial charge in [-0.3, -0.25) is 14.6 Å². The van der Waals surface area contributed by atoms with E-state index in [1.165, 1.54) is 42.1 Å². The number of alkyl carbamates (subject to hydrolysis) is 2. The molecule has 0 bridgehead atoms. The monoisotopic (exact) mass is 825 g/mol. The predicted octanol–water partition coefficient (Wildman–Crippen LogP) is 9.07. The molecule has 3 aromatic rings. The van der Waals surface area contributed by atoms with Crippen molar-refractivity contribution in [3.63, 3.8) is 0 Å². The van der Waals surface area contributed by atoms with Crippen LogP contribution in [0.5, 0.6) is 0 Å². The van der Waals surface area contributed by atoms with Crippen molar-refractivity contribution >= 4 is 51.6 Å². The van der Waals surface area contributed by atoms with Crippen LogP contribution in [0.1, 0.15) is 96.6 Å². The molecule has 4 amide bonds. The number of carbonyl (C=O) groups excluding carboxylic acids is 4. The number of rotatable bonds is 11. The number of nitrogens with one attached hydrogen (secondary N) is 2. The van der Waals surface area contributed by atoms with E-state index in [1.807, 2.05) is 43.7 Å². The van der Waals surface area contributed by atoms with Gasteiger partial charge in [-0.05, 0) is 136 Å². The molecule has 11 heteroatoms. The molecular formula is C50H59N5O6. The first kappa shape index (κ1) is 42.0. The Morgan fingerprint density at radius 2 is 1.15 bits per heavy atom. The first-order valence-electron chi connectivity index (χ1n) is 22.1. The first-order valence-corrected chi connectivity index (χ1v) is 22.1. The highest BCUT2D eigenvalue weighted by molar-refractivity contribution is 6.04. The molecular weight excluding hydrogens is 767 g/mol. The first-order chi connectivity index (χ1) is 29.4. The van der Waals surface area contributed by atoms with Gasteiger partial charge in [0.2, 0.25) is 11.8 Å². The number of benzene rings is 3. The third-order valence-corrected chi connectivity index (χ3v) is 13.5. The van der Waals surface area contributed by atoms with Crippen LogP contribution < -0.4 is 10.6 Å². The molecule has 0 radical (unpaired) electrons. The molecule has 2 N–H and O–H groups in total. The lowest BCUT2D eigenvalue weighted by Gasteiger charge is -2.32. The van der Waals surface area contributed by atoms with Gasteiger partial charge in [0.15, 0.2) is 0 Å². The van der Waals surface area contributed by atoms with E-state index in [0.717, 1.165) is 90.1 Å². The van der Waals surface area contributed by atoms with E-state index >= 15 is 0 Å². The van der Waals surface area contributed by atoms with Gasteiger partial charge in [0.25, 0.3) is 0 Å². The van der Waals surface area contributed by atoms with Crippen molar-refractivity contribution in [2.45, 2.75) is 110 Å². The Kier molecular flexibility index (Phi) is 12.2. The third kappa shape index (κ3) is 8.36. The molecule has 320 valence electrons. The number of hydrogen-bond donors (Lipinski definition) is 2. The van der Waals surface area contributed by atoms with E-state index in [-0.39, 0.29) is 35.7 Å². The minimum absolute atomic E-state index is 0.0207. The maximum Gasteiger partial charge on any atom is 0.407 e. The van der Waals surface area contributed by atoms with Gasteiger partial charge in [0, 0.05) is 31.4 Å². The molecule has 3 aromatic carbocycles. The van der Waals surface area contributed by atoms with Crippen molar-refractivity contribution in [2.24, 2.45) is 16.8 Å². The van der Waals surface area contributed by atoms with Gasteiger partial charge in [-0.1, -0.05) is 76.2 Å². The number of carbonyl (C=O) groups is 4. The highest BCUT2D eigenvalue weighted by atomic mass is 16.5. The van der Waals surface area contributed by atoms with Crippen LogP contribution in [0.4, 0.5) is 9.59 Å². The zero-order valence-electron chi connectivity index (χ0n) is 36.4. The number of nitrogens with zero attached hydrogens (tertiary/aromatic N) is 3. The van der Waals surface area contributed by atoms with Crippen LogP contribution in [-0.2, 0) is 19.1 Å². The summed E-state index contributed by atoms with van der Waals surface area (Å²) in [6, 6.07) is 20.9. The summed E-state index contributed by atoms with van der Waals surface area (Å²) in [7, 11) is 2.64. The van der Waals surface area contributed by atoms with Gasteiger partial charge in [-0.25, -0.2) is 9.59 Å². The van der Waals surface area contributed by atoms with Crippen molar-refractivity contribution in [1.29, 1.82) is 0 Å². The molecule has 3 fully saturated rings. The quantitative estimate of drug-likeness (QED) is 0.199. The van der Waals surface area contributed by atoms with Gasteiger partial charge in [0.05, 0.1) is 26.3 Å². The second-order valence-electron chi connectivity index (χ2n) is 17.9. The molecule has 11 nitrogen and oxygen atoms in total. The minimum Gasteiger partial charge on any atom is -0.453 e. The Morgan fingerprint density at radius 1 is 0.623 bits per heavy atom. The molecule has 1 unspecified atom stereocenters. The number of ether oxygens (including phenoxy) is 2. The second-order valence-corrected chi connectivity index (χ2v) is 17.9. The van der Waals surface area contributed by atoms with Crippen molar-refractivity contribution in [1.82, 2.24) is 20.4 Å². The van der Waals surface area contributed by atoms with Crippen molar-refractivity contribution in [2.75, 3.05) is 27.3 Å². The van der Waals surface area contributed by atoms with Gasteiger partial charge < -0.3 is 29.9 Å². The zero-order valence-corrected chi connectivity index (χ0v) is 36.4. The van der Waals surface area contributed by atoms with Crippen LogP contribution in [0.3, 0.4) is 0 Å². The molecule has 3 aliphatic heterocycles. The highest BCUT2D eigenvalue weighted by Gasteiger charge is 2.42. The second kappa shape index (κ2) is 17.7. The summed E-state index contributed by atoms with van der Waals surface area (Å²) in [6.07, 6.45) is 9.23. The Balaban J connectivity index is 0.929. The van der Waals surface area contributed by atoms with E-state index in [4.69, 9.17) is 14.5 Å². The SMILES string of the molecule is COC(=O)N[C@H](C(=O)N1CCCC1C1=C2CCCC2=C(c2ccc(-c3ccc4cc(C5=CN=C([C@@H]6CCCN6C(=O)[C@@H](NC(=O)OC)C(C)C)C5)ccc4c3)cc2)C1)C(C)C. The number of fused-ring (bicyclic) bond motifs is 2. The lowest BCUT2D eigenvalue weighted by atomic mass is 9.93. The topological polar surface area (TPSA) is 130 Å². The Morgan fingerprint density at radius 3 is 1.75 bits per heavy atom. The molecule has 2 aliphatic carbocycles. The lowest BCUT2D eigenvalue weighted by molar-refractivity contribution is -0.135. The van der Waals surface area contributed by atoms with Gasteiger partial charge in [-0.15, -0.1) is 0 Å². The van der Waals surface area contributed by atoms with Crippen LogP contribution in [-0.4, -0.2) is 91.0 Å². The van der Waals surface area contributed by atoms with Crippen LogP contribution in [0.15, 0.2) is 88.6 Å². The summed E-state index contributed by atoms with van der Waals surface area (Å²) >= 11 is 0. The molecule has 0 aromatic heterocycles. The van der Waals surface area contributed by atoms with Crippen molar-refractivity contribution in [3.05, 3.63) is 94.7 Å². The molecule has 3 heterocycles. The summed E-state index contributed by atoms with van der Waals surface area (Å²) in [6.45, 7) is 9.13. The third-order valence-electron chi connectivity index (χ3n) is 13.5. The highest BCUT2D eigenvalue weighted by Crippen LogP contribution is 2.50. The van der Waals surface area contributed by atoms with E-state index in [0.29, 0.717) is 19.5 Å². The summed E-state index contributed by atoms with van der Waals surface area (Å²) < 4.78 is 9.64. The largest absolute Gasteiger partial charge is 0.453 e. The number of aliphatic imine (C=N–C) groups is 1. The predicted molar refractivity (Wildman–Crippen MR) is 240 cm³/mol. The standard InChI is InChI=1S/C50H59N5O6/c1-29(2)45(52-49(58)60-5)47(56)54-22-8-12-43(54)41-27-40(38-10-7-11-39(38)41)32-16-14-31(15-17-32)33-18-19-35-25-36(21-20-34(35)24-33)37-26-42(51-28-37)44-13-9-23-55(44)48(57)46(30(3)4)53-50(59)61-6/h14-21,24-25,28-30,43-46H,7-13,22-23,26-27H2,1-6H3,(H,52,58)(H,53,59)/t43?,44-,45-,46-/m0/s1. The molecule has 5 aliphatic rings. The zero-order chi connectivity index (χ0) is 42.9. The molecule has 4 atom stereocenters. The molecule has 1 saturated carbocycles. The molecule has 61 heavy (non-hydrogen) atoms. The fourth-order valence-corrected chi connectivity index (χ4v) is 10.3. The average Bonchev–Trinajstić information content (AvgIpc) is 4.12. The van der Waals surface area contributed by atoms with Crippen LogP contribution in [0.25, 0.3) is 33.0 Å². The Hall–Kier alpha value is -5.71. The van der Waals surface area contributed by atoms with Crippen molar-refractivity contribution in [3.8, 4) is 11.1 Å². The van der Waals surface area contributed by atoms with Gasteiger partial charge in [-0.2, -0.15) is 0 Å². The number of likely N-dealkylation sites (tertiary alicyclic amines) is 2. The van der Waals surface area contributed by atoms with Crippen LogP contribution in [0, 0.1) is 11.8 Å². The van der Waals surface area contributed by atoms with Gasteiger partial charge >= 0.3 is 12.2 Å². The normalized spacial score (nSPS) is 21.0. The van der Waals surface area contributed by atoms with Crippen LogP contribution >= 0.6 is 0 Å². The van der Waals surface area contributed by atoms with E-state index in [9.17, 15) is 19.2 Å². The maximum atomic E-state index is 13.9. The number of amides is 4. The van der Waals surface area contributed by atoms with Crippen LogP contribution in [0.2, 0.25) is 0 Å². The maximum absolute atomic E-state index is 13.9. The number of allylic oxidation sites excluding steroid dienone is 4. The number of hydrogen-bond acceptors (Lipinski definition) is 7. The molecule has 0 spiro atoms. The summed E-state index contributed by atoms with van der Waals surface area (Å²) in [4.78, 5) is 60.5. The van der Waals surface area contributed by atoms with Gasteiger partial charge in [0.1, 0.15) is 12.1 Å². The van der Waals surface area contributed by atoms with E-state index < -0.39 is 24.3 Å². The average molecular weight is 826 g/mol. The molecule has 8 rings (SSSR count). The summed E-state index contributed by atoms with van der Waals surface area (Å²) in [5, 5.41) is 7.85. The minimum atomic E-state index is -0.654. The Labute approximate surface area is 359 Å². The number of methoxy groups -OCH3 is 2. The van der Waals surface area contributed by atoms with Crippen molar-refractivity contribution < 1.29 is 28.7 Å². The molecule has 2 saturated heterocycles. The van der Waals surface area contributed by atoms with E-state index in [1.54, 1.807) is 0 Å². The summed E-state index contributed by atoms with van der Waals surface area (Å²) in [5.41, 5.74) is 12.5. The lowest BCUT2D eigenvalue weighted by Crippen LogP contribution is -2.53. The van der Waals surface area contributed by atoms with E-state index in [2.05, 4.69) is 71.3 Å². The Bertz CT molecular complexity index is 2360.